The molecule has 3 aromatic rings. The number of aryl methyl sites for hydroxylation is 1. The molecule has 1 fully saturated rings. The van der Waals surface area contributed by atoms with Crippen LogP contribution in [0.25, 0.3) is 5.76 Å². The van der Waals surface area contributed by atoms with E-state index in [1.54, 1.807) is 0 Å². The molecule has 2 atom stereocenters. The summed E-state index contributed by atoms with van der Waals surface area (Å²) in [4.78, 5) is 14.9. The number of alkyl halides is 7. The third-order valence-electron chi connectivity index (χ3n) is 8.40. The molecule has 1 saturated heterocycles. The molecular formula is C30H23F7INO4S. The maximum atomic E-state index is 15.0. The molecule has 5 rings (SSSR count). The van der Waals surface area contributed by atoms with Crippen molar-refractivity contribution in [3.63, 3.8) is 0 Å². The van der Waals surface area contributed by atoms with E-state index in [1.165, 1.54) is 53.4 Å². The van der Waals surface area contributed by atoms with Gasteiger partial charge in [-0.05, 0) is 89.4 Å². The molecule has 2 aliphatic rings. The predicted octanol–water partition coefficient (Wildman–Crippen LogP) is 7.64. The van der Waals surface area contributed by atoms with E-state index in [-0.39, 0.29) is 53.2 Å². The van der Waals surface area contributed by atoms with E-state index >= 15 is 0 Å². The van der Waals surface area contributed by atoms with Gasteiger partial charge in [-0.15, -0.1) is 0 Å². The highest BCUT2D eigenvalue weighted by molar-refractivity contribution is 14.1. The lowest BCUT2D eigenvalue weighted by atomic mass is 9.76. The van der Waals surface area contributed by atoms with Gasteiger partial charge >= 0.3 is 18.0 Å². The van der Waals surface area contributed by atoms with E-state index < -0.39 is 50.1 Å². The lowest BCUT2D eigenvalue weighted by Gasteiger charge is -2.43. The zero-order valence-corrected chi connectivity index (χ0v) is 25.5. The van der Waals surface area contributed by atoms with E-state index in [2.05, 4.69) is 6.58 Å². The fourth-order valence-electron chi connectivity index (χ4n) is 6.27. The highest BCUT2D eigenvalue weighted by Gasteiger charge is 2.73. The van der Waals surface area contributed by atoms with E-state index in [1.807, 2.05) is 22.6 Å². The van der Waals surface area contributed by atoms with Gasteiger partial charge in [0.05, 0.1) is 10.9 Å². The first-order chi connectivity index (χ1) is 20.4. The SMILES string of the molecule is C=C(O)c1ccc(C(=O)N2CC[C@]3(S(=O)(=O)c4ccc(I)cc4)c4ccc(C(F)(C(F)(F)F)C(F)(F)F)cc4CC[C@H]23)cc1. The molecular weight excluding hydrogens is 730 g/mol. The minimum atomic E-state index is -6.34. The molecule has 0 unspecified atom stereocenters. The third kappa shape index (κ3) is 4.79. The van der Waals surface area contributed by atoms with Crippen molar-refractivity contribution >= 4 is 44.1 Å². The average Bonchev–Trinajstić information content (AvgIpc) is 3.37. The molecule has 0 spiro atoms. The van der Waals surface area contributed by atoms with E-state index in [9.17, 15) is 49.1 Å². The van der Waals surface area contributed by atoms with Crippen LogP contribution < -0.4 is 0 Å². The summed E-state index contributed by atoms with van der Waals surface area (Å²) >= 11 is 1.97. The Labute approximate surface area is 261 Å². The molecule has 14 heteroatoms. The van der Waals surface area contributed by atoms with Gasteiger partial charge < -0.3 is 10.0 Å². The summed E-state index contributed by atoms with van der Waals surface area (Å²) in [7, 11) is -4.44. The first-order valence-corrected chi connectivity index (χ1v) is 15.7. The number of benzene rings is 3. The van der Waals surface area contributed by atoms with Crippen LogP contribution in [0.2, 0.25) is 0 Å². The molecule has 0 aromatic heterocycles. The van der Waals surface area contributed by atoms with Crippen molar-refractivity contribution < 1.29 is 49.1 Å². The first-order valence-electron chi connectivity index (χ1n) is 13.1. The molecule has 1 N–H and O–H groups in total. The number of halogens is 8. The summed E-state index contributed by atoms with van der Waals surface area (Å²) in [6.07, 6.45) is -13.2. The molecule has 1 heterocycles. The Morgan fingerprint density at radius 1 is 0.909 bits per heavy atom. The minimum absolute atomic E-state index is 0.0787. The molecule has 3 aromatic carbocycles. The van der Waals surface area contributed by atoms with E-state index in [0.717, 1.165) is 6.07 Å². The third-order valence-corrected chi connectivity index (χ3v) is 11.7. The van der Waals surface area contributed by atoms with Crippen LogP contribution in [0.5, 0.6) is 0 Å². The number of likely N-dealkylation sites (tertiary alicyclic amines) is 1. The maximum absolute atomic E-state index is 15.0. The van der Waals surface area contributed by atoms with Crippen molar-refractivity contribution in [2.75, 3.05) is 6.54 Å². The number of fused-ring (bicyclic) bond motifs is 3. The minimum Gasteiger partial charge on any atom is -0.508 e. The standard InChI is InChI=1S/C30H23F7INO4S/c1-17(40)18-2-4-19(5-3-18)26(41)39-15-14-27(44(42,43)23-10-8-22(38)9-11-23)24-12-7-21(16-20(24)6-13-25(27)39)28(31,29(32,33)34)30(35,36)37/h2-5,7-12,16,25,40H,1,6,13-15H2/t25-,27-/m0/s1. The van der Waals surface area contributed by atoms with Crippen molar-refractivity contribution in [2.24, 2.45) is 0 Å². The first kappa shape index (κ1) is 32.3. The second kappa shape index (κ2) is 10.7. The van der Waals surface area contributed by atoms with Gasteiger partial charge in [0.1, 0.15) is 10.5 Å². The van der Waals surface area contributed by atoms with Crippen LogP contribution >= 0.6 is 22.6 Å². The summed E-state index contributed by atoms with van der Waals surface area (Å²) in [6.45, 7) is 3.32. The number of amides is 1. The summed E-state index contributed by atoms with van der Waals surface area (Å²) in [5.41, 5.74) is -7.13. The Kier molecular flexibility index (Phi) is 7.87. The quantitative estimate of drug-likeness (QED) is 0.165. The normalized spacial score (nSPS) is 20.6. The molecule has 44 heavy (non-hydrogen) atoms. The van der Waals surface area contributed by atoms with Crippen LogP contribution in [0.4, 0.5) is 30.7 Å². The monoisotopic (exact) mass is 753 g/mol. The molecule has 1 aliphatic heterocycles. The van der Waals surface area contributed by atoms with Crippen molar-refractivity contribution in [2.45, 2.75) is 53.0 Å². The molecule has 1 amide bonds. The maximum Gasteiger partial charge on any atom is 0.435 e. The number of carbonyl (C=O) groups is 1. The topological polar surface area (TPSA) is 74.7 Å². The summed E-state index contributed by atoms with van der Waals surface area (Å²) in [6, 6.07) is 12.0. The fraction of sp³-hybridized carbons (Fsp3) is 0.300. The van der Waals surface area contributed by atoms with Crippen LogP contribution in [0.1, 0.15) is 45.5 Å². The number of nitrogens with zero attached hydrogens (tertiary/aromatic N) is 1. The van der Waals surface area contributed by atoms with E-state index in [0.29, 0.717) is 21.3 Å². The molecule has 1 aliphatic carbocycles. The Morgan fingerprint density at radius 2 is 1.48 bits per heavy atom. The summed E-state index contributed by atoms with van der Waals surface area (Å²) in [5, 5.41) is 9.61. The Hall–Kier alpha value is -3.14. The highest BCUT2D eigenvalue weighted by atomic mass is 127. The van der Waals surface area contributed by atoms with Gasteiger partial charge in [0, 0.05) is 26.8 Å². The predicted molar refractivity (Wildman–Crippen MR) is 155 cm³/mol. The number of carbonyl (C=O) groups excluding carboxylic acids is 1. The number of sulfone groups is 1. The highest BCUT2D eigenvalue weighted by Crippen LogP contribution is 2.56. The largest absolute Gasteiger partial charge is 0.508 e. The van der Waals surface area contributed by atoms with Gasteiger partial charge in [0.25, 0.3) is 5.91 Å². The lowest BCUT2D eigenvalue weighted by Crippen LogP contribution is -2.53. The Bertz CT molecular complexity index is 1720. The number of aliphatic hydroxyl groups is 1. The number of hydrogen-bond acceptors (Lipinski definition) is 4. The van der Waals surface area contributed by atoms with Crippen LogP contribution in [-0.4, -0.2) is 49.3 Å². The average molecular weight is 753 g/mol. The number of aliphatic hydroxyl groups excluding tert-OH is 1. The van der Waals surface area contributed by atoms with E-state index in [4.69, 9.17) is 0 Å². The molecule has 0 bridgehead atoms. The molecule has 234 valence electrons. The zero-order valence-electron chi connectivity index (χ0n) is 22.5. The van der Waals surface area contributed by atoms with Crippen molar-refractivity contribution in [3.8, 4) is 0 Å². The van der Waals surface area contributed by atoms with Crippen LogP contribution in [0, 0.1) is 3.57 Å². The van der Waals surface area contributed by atoms with Gasteiger partial charge in [-0.1, -0.05) is 36.9 Å². The smallest absolute Gasteiger partial charge is 0.435 e. The van der Waals surface area contributed by atoms with Crippen molar-refractivity contribution in [3.05, 3.63) is 105 Å². The Morgan fingerprint density at radius 3 is 2.02 bits per heavy atom. The van der Waals surface area contributed by atoms with Crippen molar-refractivity contribution in [1.29, 1.82) is 0 Å². The molecule has 0 saturated carbocycles. The van der Waals surface area contributed by atoms with Crippen molar-refractivity contribution in [1.82, 2.24) is 4.90 Å². The Balaban J connectivity index is 1.68. The molecule has 5 nitrogen and oxygen atoms in total. The second-order valence-electron chi connectivity index (χ2n) is 10.7. The van der Waals surface area contributed by atoms with Gasteiger partial charge in [-0.3, -0.25) is 4.79 Å². The summed E-state index contributed by atoms with van der Waals surface area (Å²) < 4.78 is 124. The lowest BCUT2D eigenvalue weighted by molar-refractivity contribution is -0.348. The molecule has 0 radical (unpaired) electrons. The second-order valence-corrected chi connectivity index (χ2v) is 14.2. The van der Waals surface area contributed by atoms with Crippen LogP contribution in [0.3, 0.4) is 0 Å². The van der Waals surface area contributed by atoms with Crippen LogP contribution in [-0.2, 0) is 26.7 Å². The number of hydrogen-bond donors (Lipinski definition) is 1. The summed E-state index contributed by atoms with van der Waals surface area (Å²) in [5.74, 6) is -0.786. The van der Waals surface area contributed by atoms with Gasteiger partial charge in [-0.2, -0.15) is 26.3 Å². The van der Waals surface area contributed by atoms with Gasteiger partial charge in [0.15, 0.2) is 9.84 Å². The fourth-order valence-corrected chi connectivity index (χ4v) is 8.99. The van der Waals surface area contributed by atoms with Crippen LogP contribution in [0.15, 0.2) is 78.2 Å². The van der Waals surface area contributed by atoms with Gasteiger partial charge in [-0.25, -0.2) is 12.8 Å². The van der Waals surface area contributed by atoms with Gasteiger partial charge in [0.2, 0.25) is 0 Å². The zero-order chi connectivity index (χ0) is 32.5. The number of rotatable bonds is 5.